The number of hydrogen-bond acceptors (Lipinski definition) is 4. The molecule has 0 saturated heterocycles. The third-order valence-electron chi connectivity index (χ3n) is 4.28. The lowest BCUT2D eigenvalue weighted by Gasteiger charge is -2.07. The molecule has 0 spiro atoms. The summed E-state index contributed by atoms with van der Waals surface area (Å²) >= 11 is 1.27. The lowest BCUT2D eigenvalue weighted by molar-refractivity contribution is -0.137. The summed E-state index contributed by atoms with van der Waals surface area (Å²) < 4.78 is 39.0. The number of nitrogens with zero attached hydrogens (tertiary/aromatic N) is 1. The first-order chi connectivity index (χ1) is 13.1. The number of aryl methyl sites for hydroxylation is 3. The summed E-state index contributed by atoms with van der Waals surface area (Å²) in [5.41, 5.74) is 1.35. The van der Waals surface area contributed by atoms with Gasteiger partial charge in [0.25, 0.3) is 5.56 Å². The van der Waals surface area contributed by atoms with Gasteiger partial charge in [0, 0.05) is 30.6 Å². The minimum absolute atomic E-state index is 0.120. The van der Waals surface area contributed by atoms with E-state index < -0.39 is 11.7 Å². The maximum atomic E-state index is 12.8. The maximum Gasteiger partial charge on any atom is 0.416 e. The first kappa shape index (κ1) is 20.1. The summed E-state index contributed by atoms with van der Waals surface area (Å²) in [6, 6.07) is 5.27. The van der Waals surface area contributed by atoms with E-state index >= 15 is 0 Å². The molecule has 5 nitrogen and oxygen atoms in total. The molecule has 0 aliphatic rings. The number of halogens is 3. The van der Waals surface area contributed by atoms with Crippen molar-refractivity contribution in [2.75, 3.05) is 0 Å². The zero-order valence-corrected chi connectivity index (χ0v) is 16.1. The molecule has 1 aromatic carbocycles. The highest BCUT2D eigenvalue weighted by atomic mass is 32.1. The molecule has 0 bridgehead atoms. The molecule has 1 amide bonds. The number of carbonyl (C=O) groups is 1. The van der Waals surface area contributed by atoms with Crippen molar-refractivity contribution >= 4 is 27.5 Å². The van der Waals surface area contributed by atoms with E-state index in [1.54, 1.807) is 13.8 Å². The molecular weight excluding hydrogens is 391 g/mol. The van der Waals surface area contributed by atoms with Crippen LogP contribution in [-0.2, 0) is 23.9 Å². The molecule has 148 valence electrons. The minimum atomic E-state index is -4.41. The number of thiazole rings is 1. The van der Waals surface area contributed by atoms with Crippen LogP contribution in [0.2, 0.25) is 0 Å². The van der Waals surface area contributed by atoms with Crippen LogP contribution >= 0.6 is 11.3 Å². The maximum absolute atomic E-state index is 12.8. The van der Waals surface area contributed by atoms with Crippen molar-refractivity contribution in [3.8, 4) is 0 Å². The van der Waals surface area contributed by atoms with Crippen LogP contribution in [0, 0.1) is 13.8 Å². The number of alkyl halides is 3. The van der Waals surface area contributed by atoms with Crippen molar-refractivity contribution < 1.29 is 18.0 Å². The molecule has 0 fully saturated rings. The molecule has 2 aromatic heterocycles. The van der Waals surface area contributed by atoms with Gasteiger partial charge < -0.3 is 10.3 Å². The second-order valence-corrected chi connectivity index (χ2v) is 7.62. The fourth-order valence-electron chi connectivity index (χ4n) is 2.86. The highest BCUT2D eigenvalue weighted by molar-refractivity contribution is 7.18. The SMILES string of the molecule is Cc1cc(C)c(CNC(=O)CCc2nc3cc(C(F)(F)F)ccc3s2)c(=O)[nH]1. The fraction of sp³-hybridized carbons (Fsp3) is 0.316. The van der Waals surface area contributed by atoms with E-state index in [2.05, 4.69) is 15.3 Å². The predicted molar refractivity (Wildman–Crippen MR) is 101 cm³/mol. The van der Waals surface area contributed by atoms with Crippen LogP contribution in [0.1, 0.15) is 33.8 Å². The first-order valence-corrected chi connectivity index (χ1v) is 9.38. The Morgan fingerprint density at radius 2 is 2.00 bits per heavy atom. The number of fused-ring (bicyclic) bond motifs is 1. The van der Waals surface area contributed by atoms with Gasteiger partial charge in [-0.15, -0.1) is 11.3 Å². The van der Waals surface area contributed by atoms with Crippen LogP contribution in [0.3, 0.4) is 0 Å². The predicted octanol–water partition coefficient (Wildman–Crippen LogP) is 3.87. The molecule has 0 unspecified atom stereocenters. The monoisotopic (exact) mass is 409 g/mol. The summed E-state index contributed by atoms with van der Waals surface area (Å²) in [4.78, 5) is 30.9. The fourth-order valence-corrected chi connectivity index (χ4v) is 3.80. The molecular formula is C19H18F3N3O2S. The number of benzene rings is 1. The summed E-state index contributed by atoms with van der Waals surface area (Å²) in [7, 11) is 0. The van der Waals surface area contributed by atoms with Gasteiger partial charge in [0.2, 0.25) is 5.91 Å². The average molecular weight is 409 g/mol. The molecule has 0 saturated carbocycles. The van der Waals surface area contributed by atoms with Crippen LogP contribution in [0.4, 0.5) is 13.2 Å². The second kappa shape index (κ2) is 7.75. The first-order valence-electron chi connectivity index (χ1n) is 8.56. The van der Waals surface area contributed by atoms with E-state index in [9.17, 15) is 22.8 Å². The van der Waals surface area contributed by atoms with Crippen LogP contribution < -0.4 is 10.9 Å². The molecule has 28 heavy (non-hydrogen) atoms. The second-order valence-electron chi connectivity index (χ2n) is 6.51. The number of aromatic nitrogens is 2. The Balaban J connectivity index is 1.61. The van der Waals surface area contributed by atoms with E-state index in [1.807, 2.05) is 6.07 Å². The molecule has 2 N–H and O–H groups in total. The van der Waals surface area contributed by atoms with E-state index in [0.717, 1.165) is 23.4 Å². The molecule has 3 aromatic rings. The topological polar surface area (TPSA) is 74.8 Å². The van der Waals surface area contributed by atoms with Crippen LogP contribution in [-0.4, -0.2) is 15.9 Å². The molecule has 0 atom stereocenters. The van der Waals surface area contributed by atoms with Crippen molar-refractivity contribution in [3.63, 3.8) is 0 Å². The Bertz CT molecular complexity index is 1090. The van der Waals surface area contributed by atoms with Crippen LogP contribution in [0.25, 0.3) is 10.2 Å². The molecule has 0 radical (unpaired) electrons. The number of pyridine rings is 1. The normalized spacial score (nSPS) is 11.8. The van der Waals surface area contributed by atoms with Gasteiger partial charge in [-0.1, -0.05) is 0 Å². The Labute approximate surface area is 162 Å². The molecule has 3 rings (SSSR count). The van der Waals surface area contributed by atoms with E-state index in [-0.39, 0.29) is 29.9 Å². The summed E-state index contributed by atoms with van der Waals surface area (Å²) in [5, 5.41) is 3.29. The molecule has 9 heteroatoms. The number of nitrogens with one attached hydrogen (secondary N) is 2. The van der Waals surface area contributed by atoms with Gasteiger partial charge >= 0.3 is 6.18 Å². The zero-order valence-electron chi connectivity index (χ0n) is 15.2. The molecule has 2 heterocycles. The highest BCUT2D eigenvalue weighted by Gasteiger charge is 2.30. The Morgan fingerprint density at radius 3 is 2.68 bits per heavy atom. The smallest absolute Gasteiger partial charge is 0.352 e. The minimum Gasteiger partial charge on any atom is -0.352 e. The van der Waals surface area contributed by atoms with Gasteiger partial charge in [-0.05, 0) is 43.7 Å². The van der Waals surface area contributed by atoms with Crippen molar-refractivity contribution in [3.05, 3.63) is 62.0 Å². The van der Waals surface area contributed by atoms with E-state index in [4.69, 9.17) is 0 Å². The Hall–Kier alpha value is -2.68. The van der Waals surface area contributed by atoms with Crippen molar-refractivity contribution in [1.29, 1.82) is 0 Å². The lowest BCUT2D eigenvalue weighted by atomic mass is 10.1. The third kappa shape index (κ3) is 4.59. The van der Waals surface area contributed by atoms with E-state index in [1.165, 1.54) is 17.4 Å². The van der Waals surface area contributed by atoms with Crippen molar-refractivity contribution in [1.82, 2.24) is 15.3 Å². The molecule has 0 aliphatic carbocycles. The van der Waals surface area contributed by atoms with Gasteiger partial charge in [0.1, 0.15) is 0 Å². The average Bonchev–Trinajstić information content (AvgIpc) is 3.00. The largest absolute Gasteiger partial charge is 0.416 e. The quantitative estimate of drug-likeness (QED) is 0.672. The van der Waals surface area contributed by atoms with Crippen molar-refractivity contribution in [2.45, 2.75) is 39.4 Å². The third-order valence-corrected chi connectivity index (χ3v) is 5.38. The lowest BCUT2D eigenvalue weighted by Crippen LogP contribution is -2.28. The van der Waals surface area contributed by atoms with Gasteiger partial charge in [-0.25, -0.2) is 4.98 Å². The number of hydrogen-bond donors (Lipinski definition) is 2. The standard InChI is InChI=1S/C19H18F3N3O2S/c1-10-7-11(2)24-18(27)13(10)9-23-16(26)5-6-17-25-14-8-12(19(20,21)22)3-4-15(14)28-17/h3-4,7-8H,5-6,9H2,1-2H3,(H,23,26)(H,24,27). The number of rotatable bonds is 5. The molecule has 0 aliphatic heterocycles. The van der Waals surface area contributed by atoms with Crippen LogP contribution in [0.5, 0.6) is 0 Å². The van der Waals surface area contributed by atoms with Crippen LogP contribution in [0.15, 0.2) is 29.1 Å². The van der Waals surface area contributed by atoms with Gasteiger partial charge in [-0.3, -0.25) is 9.59 Å². The van der Waals surface area contributed by atoms with Gasteiger partial charge in [0.05, 0.1) is 20.8 Å². The summed E-state index contributed by atoms with van der Waals surface area (Å²) in [5.74, 6) is -0.255. The Kier molecular flexibility index (Phi) is 5.55. The highest BCUT2D eigenvalue weighted by Crippen LogP contribution is 2.33. The van der Waals surface area contributed by atoms with E-state index in [0.29, 0.717) is 21.7 Å². The van der Waals surface area contributed by atoms with Crippen molar-refractivity contribution in [2.24, 2.45) is 0 Å². The van der Waals surface area contributed by atoms with Gasteiger partial charge in [0.15, 0.2) is 0 Å². The summed E-state index contributed by atoms with van der Waals surface area (Å²) in [6.45, 7) is 3.71. The number of carbonyl (C=O) groups excluding carboxylic acids is 1. The number of H-pyrrole nitrogens is 1. The number of amides is 1. The summed E-state index contributed by atoms with van der Waals surface area (Å²) in [6.07, 6.45) is -3.96. The Morgan fingerprint density at radius 1 is 1.25 bits per heavy atom. The van der Waals surface area contributed by atoms with Gasteiger partial charge in [-0.2, -0.15) is 13.2 Å². The number of aromatic amines is 1. The zero-order chi connectivity index (χ0) is 20.5.